The van der Waals surface area contributed by atoms with Gasteiger partial charge in [0.15, 0.2) is 0 Å². The minimum absolute atomic E-state index is 0.350. The van der Waals surface area contributed by atoms with Crippen LogP contribution in [0.25, 0.3) is 0 Å². The first-order valence-electron chi connectivity index (χ1n) is 6.82. The quantitative estimate of drug-likeness (QED) is 0.799. The maximum absolute atomic E-state index is 9.15. The molecule has 0 spiro atoms. The number of thiol groups is 1. The monoisotopic (exact) mass is 265 g/mol. The van der Waals surface area contributed by atoms with Crippen LogP contribution in [0, 0.1) is 5.92 Å². The molecule has 1 aromatic rings. The third-order valence-corrected chi connectivity index (χ3v) is 4.38. The van der Waals surface area contributed by atoms with Gasteiger partial charge in [-0.05, 0) is 43.2 Å². The fourth-order valence-corrected chi connectivity index (χ4v) is 2.98. The Hall–Kier alpha value is -0.510. The summed E-state index contributed by atoms with van der Waals surface area (Å²) in [6, 6.07) is 10.7. The summed E-state index contributed by atoms with van der Waals surface area (Å²) in [6.07, 6.45) is 2.26. The largest absolute Gasteiger partial charge is 0.396 e. The number of aliphatic hydroxyl groups excluding tert-OH is 1. The van der Waals surface area contributed by atoms with Crippen molar-refractivity contribution in [2.75, 3.05) is 32.0 Å². The zero-order chi connectivity index (χ0) is 12.8. The van der Waals surface area contributed by atoms with Crippen molar-refractivity contribution >= 4 is 12.6 Å². The van der Waals surface area contributed by atoms with Crippen LogP contribution >= 0.6 is 12.6 Å². The summed E-state index contributed by atoms with van der Waals surface area (Å²) in [6.45, 7) is 3.67. The predicted molar refractivity (Wildman–Crippen MR) is 79.3 cm³/mol. The molecule has 1 atom stereocenters. The molecule has 1 heterocycles. The van der Waals surface area contributed by atoms with Gasteiger partial charge in [-0.1, -0.05) is 30.3 Å². The molecule has 100 valence electrons. The topological polar surface area (TPSA) is 23.5 Å². The van der Waals surface area contributed by atoms with E-state index in [1.165, 1.54) is 5.56 Å². The normalized spacial score (nSPS) is 19.9. The lowest BCUT2D eigenvalue weighted by atomic mass is 9.95. The number of nitrogens with zero attached hydrogens (tertiary/aromatic N) is 1. The van der Waals surface area contributed by atoms with Crippen molar-refractivity contribution in [1.82, 2.24) is 4.90 Å². The standard InChI is InChI=1S/C15H23NOS/c17-11-13-6-8-16(9-7-13)10-15(12-18)14-4-2-1-3-5-14/h1-5,13,15,17-18H,6-12H2. The Balaban J connectivity index is 1.88. The summed E-state index contributed by atoms with van der Waals surface area (Å²) >= 11 is 4.50. The maximum atomic E-state index is 9.15. The Morgan fingerprint density at radius 3 is 2.44 bits per heavy atom. The Morgan fingerprint density at radius 1 is 1.22 bits per heavy atom. The lowest BCUT2D eigenvalue weighted by Gasteiger charge is -2.33. The van der Waals surface area contributed by atoms with E-state index in [1.807, 2.05) is 0 Å². The molecule has 2 nitrogen and oxygen atoms in total. The van der Waals surface area contributed by atoms with Crippen molar-refractivity contribution in [2.24, 2.45) is 5.92 Å². The average molecular weight is 265 g/mol. The van der Waals surface area contributed by atoms with Gasteiger partial charge >= 0.3 is 0 Å². The highest BCUT2D eigenvalue weighted by Gasteiger charge is 2.21. The fourth-order valence-electron chi connectivity index (χ4n) is 2.66. The Bertz CT molecular complexity index is 336. The predicted octanol–water partition coefficient (Wildman–Crippen LogP) is 2.40. The molecule has 1 unspecified atom stereocenters. The smallest absolute Gasteiger partial charge is 0.0460 e. The van der Waals surface area contributed by atoms with Gasteiger partial charge in [0.1, 0.15) is 0 Å². The van der Waals surface area contributed by atoms with Crippen LogP contribution < -0.4 is 0 Å². The van der Waals surface area contributed by atoms with Crippen molar-refractivity contribution in [2.45, 2.75) is 18.8 Å². The van der Waals surface area contributed by atoms with Crippen LogP contribution in [0.3, 0.4) is 0 Å². The third-order valence-electron chi connectivity index (χ3n) is 3.94. The fraction of sp³-hybridized carbons (Fsp3) is 0.600. The number of aliphatic hydroxyl groups is 1. The van der Waals surface area contributed by atoms with Gasteiger partial charge in [-0.15, -0.1) is 0 Å². The van der Waals surface area contributed by atoms with Gasteiger partial charge in [-0.3, -0.25) is 0 Å². The van der Waals surface area contributed by atoms with E-state index >= 15 is 0 Å². The van der Waals surface area contributed by atoms with Gasteiger partial charge in [-0.2, -0.15) is 12.6 Å². The lowest BCUT2D eigenvalue weighted by Crippen LogP contribution is -2.37. The summed E-state index contributed by atoms with van der Waals surface area (Å²) < 4.78 is 0. The summed E-state index contributed by atoms with van der Waals surface area (Å²) in [4.78, 5) is 2.51. The Morgan fingerprint density at radius 2 is 1.89 bits per heavy atom. The van der Waals surface area contributed by atoms with E-state index in [-0.39, 0.29) is 0 Å². The van der Waals surface area contributed by atoms with Crippen LogP contribution in [0.2, 0.25) is 0 Å². The average Bonchev–Trinajstić information content (AvgIpc) is 2.46. The summed E-state index contributed by atoms with van der Waals surface area (Å²) in [5.74, 6) is 1.93. The van der Waals surface area contributed by atoms with Crippen LogP contribution in [0.1, 0.15) is 24.3 Å². The second-order valence-electron chi connectivity index (χ2n) is 5.22. The van der Waals surface area contributed by atoms with Gasteiger partial charge in [0.2, 0.25) is 0 Å². The highest BCUT2D eigenvalue weighted by molar-refractivity contribution is 7.80. The van der Waals surface area contributed by atoms with E-state index in [9.17, 15) is 0 Å². The number of hydrogen-bond acceptors (Lipinski definition) is 3. The minimum Gasteiger partial charge on any atom is -0.396 e. The van der Waals surface area contributed by atoms with E-state index < -0.39 is 0 Å². The van der Waals surface area contributed by atoms with Gasteiger partial charge in [0, 0.05) is 19.1 Å². The SMILES string of the molecule is OCC1CCN(CC(CS)c2ccccc2)CC1. The van der Waals surface area contributed by atoms with Gasteiger partial charge in [-0.25, -0.2) is 0 Å². The molecule has 0 radical (unpaired) electrons. The highest BCUT2D eigenvalue weighted by Crippen LogP contribution is 2.22. The van der Waals surface area contributed by atoms with Crippen LogP contribution in [-0.2, 0) is 0 Å². The van der Waals surface area contributed by atoms with E-state index in [0.717, 1.165) is 38.2 Å². The summed E-state index contributed by atoms with van der Waals surface area (Å²) in [7, 11) is 0. The molecule has 1 aliphatic rings. The highest BCUT2D eigenvalue weighted by atomic mass is 32.1. The number of rotatable bonds is 5. The van der Waals surface area contributed by atoms with Crippen LogP contribution in [0.4, 0.5) is 0 Å². The molecule has 1 saturated heterocycles. The number of hydrogen-bond donors (Lipinski definition) is 2. The first-order chi connectivity index (χ1) is 8.83. The van der Waals surface area contributed by atoms with Gasteiger partial charge in [0.25, 0.3) is 0 Å². The van der Waals surface area contributed by atoms with Crippen LogP contribution in [0.15, 0.2) is 30.3 Å². The summed E-state index contributed by atoms with van der Waals surface area (Å²) in [5, 5.41) is 9.15. The van der Waals surface area contributed by atoms with Crippen molar-refractivity contribution in [1.29, 1.82) is 0 Å². The zero-order valence-electron chi connectivity index (χ0n) is 10.8. The second-order valence-corrected chi connectivity index (χ2v) is 5.58. The first-order valence-corrected chi connectivity index (χ1v) is 7.45. The van der Waals surface area contributed by atoms with Gasteiger partial charge in [0.05, 0.1) is 0 Å². The van der Waals surface area contributed by atoms with Crippen molar-refractivity contribution in [3.8, 4) is 0 Å². The molecule has 18 heavy (non-hydrogen) atoms. The number of piperidine rings is 1. The molecule has 0 saturated carbocycles. The van der Waals surface area contributed by atoms with Crippen LogP contribution in [-0.4, -0.2) is 42.0 Å². The molecular weight excluding hydrogens is 242 g/mol. The third kappa shape index (κ3) is 3.74. The van der Waals surface area contributed by atoms with E-state index in [1.54, 1.807) is 0 Å². The molecule has 1 aromatic carbocycles. The first kappa shape index (κ1) is 13.9. The van der Waals surface area contributed by atoms with Crippen molar-refractivity contribution in [3.63, 3.8) is 0 Å². The molecule has 0 amide bonds. The molecule has 1 aliphatic heterocycles. The minimum atomic E-state index is 0.350. The van der Waals surface area contributed by atoms with Crippen LogP contribution in [0.5, 0.6) is 0 Å². The molecule has 0 aromatic heterocycles. The second kappa shape index (κ2) is 7.17. The zero-order valence-corrected chi connectivity index (χ0v) is 11.7. The maximum Gasteiger partial charge on any atom is 0.0460 e. The Kier molecular flexibility index (Phi) is 5.54. The Labute approximate surface area is 115 Å². The van der Waals surface area contributed by atoms with E-state index in [4.69, 9.17) is 5.11 Å². The number of likely N-dealkylation sites (tertiary alicyclic amines) is 1. The van der Waals surface area contributed by atoms with Crippen molar-refractivity contribution in [3.05, 3.63) is 35.9 Å². The molecule has 1 fully saturated rings. The molecule has 1 N–H and O–H groups in total. The lowest BCUT2D eigenvalue weighted by molar-refractivity contribution is 0.128. The van der Waals surface area contributed by atoms with Crippen molar-refractivity contribution < 1.29 is 5.11 Å². The van der Waals surface area contributed by atoms with E-state index in [0.29, 0.717) is 18.4 Å². The molecule has 3 heteroatoms. The molecular formula is C15H23NOS. The molecule has 0 bridgehead atoms. The number of benzene rings is 1. The van der Waals surface area contributed by atoms with E-state index in [2.05, 4.69) is 47.9 Å². The molecule has 0 aliphatic carbocycles. The van der Waals surface area contributed by atoms with Gasteiger partial charge < -0.3 is 10.0 Å². The summed E-state index contributed by atoms with van der Waals surface area (Å²) in [5.41, 5.74) is 1.39. The molecule has 2 rings (SSSR count).